The van der Waals surface area contributed by atoms with Gasteiger partial charge in [0.05, 0.1) is 5.71 Å². The lowest BCUT2D eigenvalue weighted by molar-refractivity contribution is 0.0168. The van der Waals surface area contributed by atoms with Gasteiger partial charge in [0.15, 0.2) is 0 Å². The van der Waals surface area contributed by atoms with Crippen molar-refractivity contribution in [1.82, 2.24) is 0 Å². The van der Waals surface area contributed by atoms with Crippen molar-refractivity contribution in [1.29, 1.82) is 0 Å². The predicted octanol–water partition coefficient (Wildman–Crippen LogP) is 6.88. The lowest BCUT2D eigenvalue weighted by atomic mass is 9.91. The van der Waals surface area contributed by atoms with Gasteiger partial charge in [-0.15, -0.1) is 0 Å². The molecule has 31 heavy (non-hydrogen) atoms. The molecule has 0 heterocycles. The minimum Gasteiger partial charge on any atom is -0.255 e. The summed E-state index contributed by atoms with van der Waals surface area (Å²) in [7, 11) is -1.09. The summed E-state index contributed by atoms with van der Waals surface area (Å²) in [6.45, 7) is 8.26. The molecule has 0 saturated heterocycles. The van der Waals surface area contributed by atoms with E-state index < -0.39 is 16.7 Å². The Morgan fingerprint density at radius 1 is 1.00 bits per heavy atom. The van der Waals surface area contributed by atoms with Crippen LogP contribution in [0.2, 0.25) is 0 Å². The summed E-state index contributed by atoms with van der Waals surface area (Å²) in [5.74, 6) is -2.95. The first-order valence-electron chi connectivity index (χ1n) is 9.84. The van der Waals surface area contributed by atoms with Crippen LogP contribution in [0.15, 0.2) is 88.9 Å². The quantitative estimate of drug-likeness (QED) is 0.386. The molecule has 3 aromatic carbocycles. The van der Waals surface area contributed by atoms with Crippen molar-refractivity contribution in [3.05, 3.63) is 101 Å². The average molecular weight is 438 g/mol. The summed E-state index contributed by atoms with van der Waals surface area (Å²) in [5, 5.41) is 0. The first kappa shape index (κ1) is 22.8. The molecule has 0 fully saturated rings. The van der Waals surface area contributed by atoms with Gasteiger partial charge in [-0.3, -0.25) is 9.20 Å². The molecule has 160 valence electrons. The number of allylic oxidation sites excluding steroid dienone is 1. The molecule has 0 aliphatic rings. The van der Waals surface area contributed by atoms with Gasteiger partial charge >= 0.3 is 0 Å². The van der Waals surface area contributed by atoms with E-state index in [0.29, 0.717) is 22.5 Å². The van der Waals surface area contributed by atoms with E-state index in [4.69, 9.17) is 0 Å². The Morgan fingerprint density at radius 3 is 2.23 bits per heavy atom. The lowest BCUT2D eigenvalue weighted by Gasteiger charge is -2.18. The second-order valence-electron chi connectivity index (χ2n) is 7.62. The Labute approximate surface area is 184 Å². The van der Waals surface area contributed by atoms with Crippen molar-refractivity contribution < 1.29 is 13.0 Å². The molecule has 3 aromatic rings. The maximum Gasteiger partial charge on any atom is 0.270 e. The third-order valence-corrected chi connectivity index (χ3v) is 5.92. The number of hydrogen-bond acceptors (Lipinski definition) is 2. The van der Waals surface area contributed by atoms with Gasteiger partial charge in [0, 0.05) is 51.3 Å². The van der Waals surface area contributed by atoms with E-state index in [9.17, 15) is 13.0 Å². The monoisotopic (exact) mass is 437 g/mol. The number of rotatable bonds is 6. The van der Waals surface area contributed by atoms with Crippen LogP contribution in [0.4, 0.5) is 8.78 Å². The van der Waals surface area contributed by atoms with E-state index in [2.05, 4.69) is 11.6 Å². The lowest BCUT2D eigenvalue weighted by Crippen LogP contribution is -2.14. The molecule has 1 atom stereocenters. The maximum atomic E-state index is 14.1. The van der Waals surface area contributed by atoms with E-state index in [1.807, 2.05) is 48.5 Å². The number of alkyl halides is 2. The third-order valence-electron chi connectivity index (χ3n) is 5.00. The van der Waals surface area contributed by atoms with Crippen molar-refractivity contribution in [3.63, 3.8) is 0 Å². The Kier molecular flexibility index (Phi) is 6.65. The van der Waals surface area contributed by atoms with Gasteiger partial charge in [-0.2, -0.15) is 0 Å². The highest BCUT2D eigenvalue weighted by atomic mass is 32.2. The fourth-order valence-electron chi connectivity index (χ4n) is 3.54. The molecule has 0 aliphatic carbocycles. The predicted molar refractivity (Wildman–Crippen MR) is 125 cm³/mol. The van der Waals surface area contributed by atoms with Crippen LogP contribution < -0.4 is 0 Å². The zero-order valence-corrected chi connectivity index (χ0v) is 18.9. The highest BCUT2D eigenvalue weighted by molar-refractivity contribution is 7.84. The van der Waals surface area contributed by atoms with Crippen molar-refractivity contribution in [2.75, 3.05) is 6.26 Å². The zero-order valence-electron chi connectivity index (χ0n) is 18.1. The Balaban J connectivity index is 2.17. The molecule has 0 radical (unpaired) electrons. The summed E-state index contributed by atoms with van der Waals surface area (Å²) in [5.41, 5.74) is 4.93. The highest BCUT2D eigenvalue weighted by Crippen LogP contribution is 2.32. The topological polar surface area (TPSA) is 29.4 Å². The third kappa shape index (κ3) is 5.23. The normalized spacial score (nSPS) is 13.2. The molecule has 0 spiro atoms. The molecule has 3 rings (SSSR count). The SMILES string of the molecule is C=C(C)N=C(c1cccc(-c2cccc(S(C)=O)c2)c1)c1cccc(C(C)(F)F)c1C. The second kappa shape index (κ2) is 9.06. The van der Waals surface area contributed by atoms with Crippen LogP contribution in [0.5, 0.6) is 0 Å². The number of benzene rings is 3. The van der Waals surface area contributed by atoms with Crippen LogP contribution in [0.3, 0.4) is 0 Å². The summed E-state index contributed by atoms with van der Waals surface area (Å²) < 4.78 is 40.1. The summed E-state index contributed by atoms with van der Waals surface area (Å²) >= 11 is 0. The van der Waals surface area contributed by atoms with Gasteiger partial charge in [-0.05, 0) is 48.7 Å². The van der Waals surface area contributed by atoms with E-state index in [1.54, 1.807) is 32.2 Å². The van der Waals surface area contributed by atoms with E-state index in [-0.39, 0.29) is 5.56 Å². The van der Waals surface area contributed by atoms with Crippen LogP contribution in [-0.2, 0) is 16.7 Å². The summed E-state index contributed by atoms with van der Waals surface area (Å²) in [6, 6.07) is 20.2. The Morgan fingerprint density at radius 2 is 1.61 bits per heavy atom. The van der Waals surface area contributed by atoms with E-state index >= 15 is 0 Å². The number of halogens is 2. The molecule has 0 saturated carbocycles. The van der Waals surface area contributed by atoms with E-state index in [0.717, 1.165) is 28.5 Å². The van der Waals surface area contributed by atoms with Crippen LogP contribution >= 0.6 is 0 Å². The van der Waals surface area contributed by atoms with Crippen molar-refractivity contribution in [2.24, 2.45) is 4.99 Å². The molecule has 5 heteroatoms. The molecule has 0 aromatic heterocycles. The van der Waals surface area contributed by atoms with Gasteiger partial charge in [0.1, 0.15) is 0 Å². The minimum atomic E-state index is -2.95. The van der Waals surface area contributed by atoms with E-state index in [1.165, 1.54) is 6.07 Å². The van der Waals surface area contributed by atoms with Crippen LogP contribution in [-0.4, -0.2) is 16.2 Å². The van der Waals surface area contributed by atoms with Gasteiger partial charge in [0.2, 0.25) is 0 Å². The first-order chi connectivity index (χ1) is 14.6. The number of hydrogen-bond donors (Lipinski definition) is 0. The molecule has 2 nitrogen and oxygen atoms in total. The van der Waals surface area contributed by atoms with Crippen LogP contribution in [0.25, 0.3) is 11.1 Å². The van der Waals surface area contributed by atoms with Crippen LogP contribution in [0, 0.1) is 6.92 Å². The molecular formula is C26H25F2NOS. The maximum absolute atomic E-state index is 14.1. The smallest absolute Gasteiger partial charge is 0.255 e. The van der Waals surface area contributed by atoms with Crippen molar-refractivity contribution in [3.8, 4) is 11.1 Å². The van der Waals surface area contributed by atoms with Gasteiger partial charge in [-0.1, -0.05) is 55.1 Å². The Hall–Kier alpha value is -2.92. The second-order valence-corrected chi connectivity index (χ2v) is 9.00. The average Bonchev–Trinajstić information content (AvgIpc) is 2.71. The standard InChI is InChI=1S/C26H25F2NOS/c1-17(2)29-25(23-13-8-14-24(18(23)3)26(4,27)28)21-11-6-9-19(15-21)20-10-7-12-22(16-20)31(5)30/h6-16H,1H2,2-5H3. The highest BCUT2D eigenvalue weighted by Gasteiger charge is 2.28. The molecular weight excluding hydrogens is 412 g/mol. The number of nitrogens with zero attached hydrogens (tertiary/aromatic N) is 1. The molecule has 0 N–H and O–H groups in total. The zero-order chi connectivity index (χ0) is 22.8. The van der Waals surface area contributed by atoms with Gasteiger partial charge < -0.3 is 0 Å². The first-order valence-corrected chi connectivity index (χ1v) is 11.4. The fraction of sp³-hybridized carbons (Fsp3) is 0.192. The summed E-state index contributed by atoms with van der Waals surface area (Å²) in [6.07, 6.45) is 1.65. The van der Waals surface area contributed by atoms with Crippen LogP contribution in [0.1, 0.15) is 36.1 Å². The largest absolute Gasteiger partial charge is 0.270 e. The summed E-state index contributed by atoms with van der Waals surface area (Å²) in [4.78, 5) is 5.35. The minimum absolute atomic E-state index is 0.0197. The molecule has 0 aliphatic heterocycles. The molecule has 1 unspecified atom stereocenters. The van der Waals surface area contributed by atoms with Crippen molar-refractivity contribution in [2.45, 2.75) is 31.6 Å². The fourth-order valence-corrected chi connectivity index (χ4v) is 4.10. The molecule has 0 bridgehead atoms. The Bertz CT molecular complexity index is 1190. The molecule has 0 amide bonds. The number of aliphatic imine (C=N–C) groups is 1. The van der Waals surface area contributed by atoms with Gasteiger partial charge in [-0.25, -0.2) is 8.78 Å². The van der Waals surface area contributed by atoms with Gasteiger partial charge in [0.25, 0.3) is 5.92 Å². The van der Waals surface area contributed by atoms with Crippen molar-refractivity contribution >= 4 is 16.5 Å².